The van der Waals surface area contributed by atoms with E-state index in [-0.39, 0.29) is 6.61 Å². The minimum atomic E-state index is -0.490. The molecule has 3 heteroatoms. The molecular weight excluding hydrogens is 270 g/mol. The molecule has 2 rings (SSSR count). The summed E-state index contributed by atoms with van der Waals surface area (Å²) >= 11 is 6.25. The van der Waals surface area contributed by atoms with Crippen LogP contribution in [0, 0.1) is 6.92 Å². The van der Waals surface area contributed by atoms with E-state index in [4.69, 9.17) is 17.3 Å². The Bertz CT molecular complexity index is 579. The molecule has 0 amide bonds. The van der Waals surface area contributed by atoms with E-state index in [1.807, 2.05) is 55.5 Å². The molecule has 0 aromatic heterocycles. The van der Waals surface area contributed by atoms with Gasteiger partial charge in [-0.3, -0.25) is 0 Å². The summed E-state index contributed by atoms with van der Waals surface area (Å²) in [4.78, 5) is 0. The predicted molar refractivity (Wildman–Crippen MR) is 84.2 cm³/mol. The van der Waals surface area contributed by atoms with Gasteiger partial charge in [0.2, 0.25) is 0 Å². The van der Waals surface area contributed by atoms with E-state index in [1.54, 1.807) is 0 Å². The summed E-state index contributed by atoms with van der Waals surface area (Å²) in [7, 11) is 0. The zero-order valence-electron chi connectivity index (χ0n) is 11.6. The minimum absolute atomic E-state index is 0.000420. The lowest BCUT2D eigenvalue weighted by Crippen LogP contribution is -2.41. The van der Waals surface area contributed by atoms with Crippen molar-refractivity contribution < 1.29 is 5.11 Å². The lowest BCUT2D eigenvalue weighted by Gasteiger charge is -2.33. The standard InChI is InChI=1S/C17H20ClNO/c1-13-6-2-4-8-15(13)17(11-19,12-20)10-14-7-3-5-9-16(14)18/h2-9,20H,10-12,19H2,1H3. The van der Waals surface area contributed by atoms with Gasteiger partial charge in [0.1, 0.15) is 0 Å². The summed E-state index contributed by atoms with van der Waals surface area (Å²) in [5.74, 6) is 0. The van der Waals surface area contributed by atoms with E-state index in [0.717, 1.165) is 16.7 Å². The highest BCUT2D eigenvalue weighted by Gasteiger charge is 2.32. The number of aliphatic hydroxyl groups is 1. The van der Waals surface area contributed by atoms with Gasteiger partial charge in [-0.1, -0.05) is 54.1 Å². The van der Waals surface area contributed by atoms with Crippen molar-refractivity contribution in [2.75, 3.05) is 13.2 Å². The van der Waals surface area contributed by atoms with Crippen LogP contribution in [0.25, 0.3) is 0 Å². The van der Waals surface area contributed by atoms with Gasteiger partial charge in [-0.25, -0.2) is 0 Å². The summed E-state index contributed by atoms with van der Waals surface area (Å²) in [5, 5.41) is 10.7. The third kappa shape index (κ3) is 2.88. The Hall–Kier alpha value is -1.35. The first kappa shape index (κ1) is 15.0. The van der Waals surface area contributed by atoms with E-state index in [9.17, 15) is 5.11 Å². The molecule has 0 aliphatic heterocycles. The van der Waals surface area contributed by atoms with Crippen LogP contribution in [0.1, 0.15) is 16.7 Å². The molecule has 2 aromatic carbocycles. The van der Waals surface area contributed by atoms with E-state index in [0.29, 0.717) is 18.0 Å². The number of hydrogen-bond donors (Lipinski definition) is 2. The Morgan fingerprint density at radius 3 is 2.35 bits per heavy atom. The average molecular weight is 290 g/mol. The third-order valence-electron chi connectivity index (χ3n) is 3.90. The topological polar surface area (TPSA) is 46.2 Å². The first-order chi connectivity index (χ1) is 9.63. The van der Waals surface area contributed by atoms with Gasteiger partial charge in [0.05, 0.1) is 6.61 Å². The van der Waals surface area contributed by atoms with Gasteiger partial charge in [0.25, 0.3) is 0 Å². The van der Waals surface area contributed by atoms with Gasteiger partial charge >= 0.3 is 0 Å². The van der Waals surface area contributed by atoms with Crippen LogP contribution in [0.4, 0.5) is 0 Å². The number of nitrogens with two attached hydrogens (primary N) is 1. The number of aryl methyl sites for hydroxylation is 1. The Balaban J connectivity index is 2.46. The first-order valence-electron chi connectivity index (χ1n) is 6.73. The maximum Gasteiger partial charge on any atom is 0.0543 e. The molecule has 0 saturated carbocycles. The van der Waals surface area contributed by atoms with Gasteiger partial charge in [0.15, 0.2) is 0 Å². The second-order valence-electron chi connectivity index (χ2n) is 5.23. The molecule has 3 N–H and O–H groups in total. The lowest BCUT2D eigenvalue weighted by molar-refractivity contribution is 0.195. The molecule has 0 bridgehead atoms. The zero-order chi connectivity index (χ0) is 14.6. The molecule has 0 aliphatic carbocycles. The molecule has 0 spiro atoms. The molecule has 1 unspecified atom stereocenters. The van der Waals surface area contributed by atoms with Crippen molar-refractivity contribution in [3.63, 3.8) is 0 Å². The average Bonchev–Trinajstić information content (AvgIpc) is 2.48. The van der Waals surface area contributed by atoms with Crippen molar-refractivity contribution in [1.82, 2.24) is 0 Å². The van der Waals surface area contributed by atoms with Crippen molar-refractivity contribution in [2.24, 2.45) is 5.73 Å². The van der Waals surface area contributed by atoms with Crippen LogP contribution >= 0.6 is 11.6 Å². The van der Waals surface area contributed by atoms with Gasteiger partial charge in [-0.05, 0) is 36.1 Å². The molecule has 0 saturated heterocycles. The van der Waals surface area contributed by atoms with Gasteiger partial charge in [-0.2, -0.15) is 0 Å². The van der Waals surface area contributed by atoms with E-state index < -0.39 is 5.41 Å². The van der Waals surface area contributed by atoms with E-state index in [2.05, 4.69) is 0 Å². The van der Waals surface area contributed by atoms with Crippen molar-refractivity contribution in [3.8, 4) is 0 Å². The van der Waals surface area contributed by atoms with Crippen LogP contribution in [-0.2, 0) is 11.8 Å². The summed E-state index contributed by atoms with van der Waals surface area (Å²) in [6.45, 7) is 2.42. The maximum atomic E-state index is 9.98. The summed E-state index contributed by atoms with van der Waals surface area (Å²) in [6, 6.07) is 15.8. The fourth-order valence-corrected chi connectivity index (χ4v) is 2.86. The minimum Gasteiger partial charge on any atom is -0.395 e. The normalized spacial score (nSPS) is 14.0. The highest BCUT2D eigenvalue weighted by molar-refractivity contribution is 6.31. The summed E-state index contributed by atoms with van der Waals surface area (Å²) < 4.78 is 0. The molecule has 2 nitrogen and oxygen atoms in total. The number of aliphatic hydroxyl groups excluding tert-OH is 1. The van der Waals surface area contributed by atoms with Crippen LogP contribution in [0.15, 0.2) is 48.5 Å². The molecule has 2 aromatic rings. The Labute approximate surface area is 125 Å². The van der Waals surface area contributed by atoms with Crippen molar-refractivity contribution in [1.29, 1.82) is 0 Å². The molecule has 0 fully saturated rings. The van der Waals surface area contributed by atoms with Gasteiger partial charge in [0, 0.05) is 17.0 Å². The van der Waals surface area contributed by atoms with Crippen LogP contribution in [0.3, 0.4) is 0 Å². The quantitative estimate of drug-likeness (QED) is 0.888. The van der Waals surface area contributed by atoms with Crippen LogP contribution in [0.5, 0.6) is 0 Å². The second kappa shape index (κ2) is 6.40. The summed E-state index contributed by atoms with van der Waals surface area (Å²) in [5.41, 5.74) is 8.76. The molecule has 1 atom stereocenters. The van der Waals surface area contributed by atoms with Gasteiger partial charge in [-0.15, -0.1) is 0 Å². The molecule has 106 valence electrons. The van der Waals surface area contributed by atoms with Crippen LogP contribution < -0.4 is 5.73 Å². The number of hydrogen-bond acceptors (Lipinski definition) is 2. The van der Waals surface area contributed by atoms with Crippen LogP contribution in [-0.4, -0.2) is 18.3 Å². The molecule has 0 heterocycles. The molecular formula is C17H20ClNO. The first-order valence-corrected chi connectivity index (χ1v) is 7.11. The Kier molecular flexibility index (Phi) is 4.81. The smallest absolute Gasteiger partial charge is 0.0543 e. The zero-order valence-corrected chi connectivity index (χ0v) is 12.4. The van der Waals surface area contributed by atoms with Crippen molar-refractivity contribution >= 4 is 11.6 Å². The second-order valence-corrected chi connectivity index (χ2v) is 5.63. The molecule has 0 radical (unpaired) electrons. The largest absolute Gasteiger partial charge is 0.395 e. The highest BCUT2D eigenvalue weighted by atomic mass is 35.5. The van der Waals surface area contributed by atoms with Crippen molar-refractivity contribution in [2.45, 2.75) is 18.8 Å². The van der Waals surface area contributed by atoms with Crippen molar-refractivity contribution in [3.05, 3.63) is 70.2 Å². The molecule has 20 heavy (non-hydrogen) atoms. The lowest BCUT2D eigenvalue weighted by atomic mass is 9.74. The number of benzene rings is 2. The van der Waals surface area contributed by atoms with E-state index >= 15 is 0 Å². The number of rotatable bonds is 5. The SMILES string of the molecule is Cc1ccccc1C(CN)(CO)Cc1ccccc1Cl. The van der Waals surface area contributed by atoms with Crippen LogP contribution in [0.2, 0.25) is 5.02 Å². The third-order valence-corrected chi connectivity index (χ3v) is 4.27. The molecule has 0 aliphatic rings. The van der Waals surface area contributed by atoms with E-state index in [1.165, 1.54) is 0 Å². The Morgan fingerprint density at radius 1 is 1.10 bits per heavy atom. The highest BCUT2D eigenvalue weighted by Crippen LogP contribution is 2.32. The fourth-order valence-electron chi connectivity index (χ4n) is 2.66. The fraction of sp³-hybridized carbons (Fsp3) is 0.294. The monoisotopic (exact) mass is 289 g/mol. The van der Waals surface area contributed by atoms with Gasteiger partial charge < -0.3 is 10.8 Å². The summed E-state index contributed by atoms with van der Waals surface area (Å²) in [6.07, 6.45) is 0.629. The Morgan fingerprint density at radius 2 is 1.75 bits per heavy atom. The maximum absolute atomic E-state index is 9.98. The predicted octanol–water partition coefficient (Wildman–Crippen LogP) is 3.08. The number of halogens is 1.